The Bertz CT molecular complexity index is 1130. The number of benzene rings is 1. The molecule has 0 bridgehead atoms. The number of hydrogen-bond acceptors (Lipinski definition) is 9. The highest BCUT2D eigenvalue weighted by molar-refractivity contribution is 7.52. The second-order valence-corrected chi connectivity index (χ2v) is 9.70. The fourth-order valence-electron chi connectivity index (χ4n) is 3.23. The number of carbonyl (C=O) groups excluding carboxylic acids is 1. The number of nitrogens with one attached hydrogen (secondary N) is 2. The topological polar surface area (TPSA) is 158 Å². The van der Waals surface area contributed by atoms with Crippen LogP contribution in [-0.4, -0.2) is 51.6 Å². The summed E-state index contributed by atoms with van der Waals surface area (Å²) in [7, 11) is -4.10. The van der Waals surface area contributed by atoms with Crippen molar-refractivity contribution in [1.82, 2.24) is 14.6 Å². The Labute approximate surface area is 195 Å². The minimum atomic E-state index is -4.10. The molecule has 1 fully saturated rings. The number of hydrogen-bond donors (Lipinski definition) is 3. The van der Waals surface area contributed by atoms with Gasteiger partial charge >= 0.3 is 19.4 Å². The van der Waals surface area contributed by atoms with Gasteiger partial charge in [0.05, 0.1) is 18.8 Å². The number of nitrogens with zero attached hydrogens (tertiary/aromatic N) is 1. The predicted octanol–water partition coefficient (Wildman–Crippen LogP) is 1.32. The zero-order valence-corrected chi connectivity index (χ0v) is 19.8. The summed E-state index contributed by atoms with van der Waals surface area (Å²) in [4.78, 5) is 37.6. The van der Waals surface area contributed by atoms with Crippen molar-refractivity contribution in [1.29, 1.82) is 0 Å². The fourth-order valence-corrected chi connectivity index (χ4v) is 4.75. The first-order chi connectivity index (χ1) is 16.1. The number of aromatic amines is 1. The van der Waals surface area contributed by atoms with Crippen molar-refractivity contribution in [2.24, 2.45) is 0 Å². The van der Waals surface area contributed by atoms with E-state index in [1.165, 1.54) is 13.1 Å². The van der Waals surface area contributed by atoms with E-state index in [1.807, 2.05) is 0 Å². The second kappa shape index (κ2) is 11.1. The molecule has 3 N–H and O–H groups in total. The van der Waals surface area contributed by atoms with E-state index in [1.54, 1.807) is 44.2 Å². The normalized spacial score (nSPS) is 22.8. The molecule has 5 atom stereocenters. The van der Waals surface area contributed by atoms with Crippen LogP contribution in [0.2, 0.25) is 0 Å². The minimum Gasteiger partial charge on any atom is -0.462 e. The molecule has 2 aromatic rings. The number of aromatic nitrogens is 2. The third kappa shape index (κ3) is 6.87. The summed E-state index contributed by atoms with van der Waals surface area (Å²) in [6.45, 7) is 4.56. The summed E-state index contributed by atoms with van der Waals surface area (Å²) < 4.78 is 36.5. The number of para-hydroxylation sites is 1. The molecule has 0 radical (unpaired) electrons. The van der Waals surface area contributed by atoms with E-state index in [9.17, 15) is 24.1 Å². The fraction of sp³-hybridized carbons (Fsp3) is 0.476. The summed E-state index contributed by atoms with van der Waals surface area (Å²) in [6, 6.07) is 8.37. The molecule has 1 unspecified atom stereocenters. The Balaban J connectivity index is 1.71. The zero-order valence-electron chi connectivity index (χ0n) is 19.0. The number of esters is 1. The van der Waals surface area contributed by atoms with Gasteiger partial charge in [-0.15, -0.1) is 0 Å². The van der Waals surface area contributed by atoms with Gasteiger partial charge in [0, 0.05) is 18.7 Å². The van der Waals surface area contributed by atoms with Crippen LogP contribution in [0.3, 0.4) is 0 Å². The lowest BCUT2D eigenvalue weighted by Gasteiger charge is -2.24. The molecule has 1 aliphatic rings. The molecule has 0 spiro atoms. The molecular weight excluding hydrogens is 469 g/mol. The van der Waals surface area contributed by atoms with Crippen molar-refractivity contribution in [2.75, 3.05) is 6.61 Å². The molecular formula is C21H28N3O9P. The van der Waals surface area contributed by atoms with Gasteiger partial charge in [0.25, 0.3) is 5.56 Å². The molecule has 34 heavy (non-hydrogen) atoms. The molecule has 0 saturated carbocycles. The van der Waals surface area contributed by atoms with E-state index in [0.717, 1.165) is 10.6 Å². The first-order valence-electron chi connectivity index (χ1n) is 10.7. The molecule has 0 aliphatic carbocycles. The van der Waals surface area contributed by atoms with Crippen LogP contribution in [0.25, 0.3) is 0 Å². The van der Waals surface area contributed by atoms with Gasteiger partial charge in [0.1, 0.15) is 17.9 Å². The standard InChI is InChI=1S/C21H28N3O9P/c1-13(2)31-20(27)14(3)23-34(29,33-15-7-5-4-6-8-15)30-12-16-11-17(25)19(32-16)24-10-9-18(26)22-21(24)28/h4-10,13-14,16-17,19,25H,11-12H2,1-3H3,(H,23,29)(H,22,26,28)/t14-,16+,17-,19-,34?/m1/s1. The summed E-state index contributed by atoms with van der Waals surface area (Å²) >= 11 is 0. The molecule has 0 amide bonds. The van der Waals surface area contributed by atoms with Crippen LogP contribution in [0.15, 0.2) is 52.2 Å². The Morgan fingerprint density at radius 2 is 1.97 bits per heavy atom. The Morgan fingerprint density at radius 1 is 1.26 bits per heavy atom. The number of aliphatic hydroxyl groups is 1. The zero-order chi connectivity index (χ0) is 24.9. The maximum atomic E-state index is 13.5. The van der Waals surface area contributed by atoms with Crippen LogP contribution < -0.4 is 20.9 Å². The van der Waals surface area contributed by atoms with E-state index < -0.39 is 49.4 Å². The van der Waals surface area contributed by atoms with Crippen molar-refractivity contribution in [3.8, 4) is 5.75 Å². The van der Waals surface area contributed by atoms with E-state index in [-0.39, 0.29) is 24.9 Å². The number of carbonyl (C=O) groups is 1. The van der Waals surface area contributed by atoms with Gasteiger partial charge in [0.15, 0.2) is 6.23 Å². The third-order valence-electron chi connectivity index (χ3n) is 4.75. The molecule has 1 saturated heterocycles. The number of aliphatic hydroxyl groups excluding tert-OH is 1. The smallest absolute Gasteiger partial charge is 0.459 e. The van der Waals surface area contributed by atoms with Crippen molar-refractivity contribution in [3.05, 3.63) is 63.4 Å². The maximum absolute atomic E-state index is 13.5. The van der Waals surface area contributed by atoms with Gasteiger partial charge in [-0.1, -0.05) is 18.2 Å². The van der Waals surface area contributed by atoms with Gasteiger partial charge in [-0.25, -0.2) is 9.36 Å². The predicted molar refractivity (Wildman–Crippen MR) is 120 cm³/mol. The molecule has 3 rings (SSSR count). The van der Waals surface area contributed by atoms with E-state index >= 15 is 0 Å². The number of rotatable bonds is 10. The quantitative estimate of drug-likeness (QED) is 0.323. The van der Waals surface area contributed by atoms with Gasteiger partial charge < -0.3 is 19.1 Å². The van der Waals surface area contributed by atoms with Crippen LogP contribution in [0.1, 0.15) is 33.4 Å². The van der Waals surface area contributed by atoms with Crippen molar-refractivity contribution in [3.63, 3.8) is 0 Å². The van der Waals surface area contributed by atoms with Gasteiger partial charge in [-0.2, -0.15) is 5.09 Å². The highest BCUT2D eigenvalue weighted by Gasteiger charge is 2.39. The average Bonchev–Trinajstić information content (AvgIpc) is 3.13. The highest BCUT2D eigenvalue weighted by atomic mass is 31.2. The number of ether oxygens (including phenoxy) is 2. The molecule has 186 valence electrons. The molecule has 12 nitrogen and oxygen atoms in total. The number of H-pyrrole nitrogens is 1. The minimum absolute atomic E-state index is 0.0620. The van der Waals surface area contributed by atoms with Crippen LogP contribution in [-0.2, 0) is 23.4 Å². The van der Waals surface area contributed by atoms with Crippen LogP contribution >= 0.6 is 7.75 Å². The van der Waals surface area contributed by atoms with Gasteiger partial charge in [-0.3, -0.25) is 23.7 Å². The largest absolute Gasteiger partial charge is 0.462 e. The van der Waals surface area contributed by atoms with E-state index in [4.69, 9.17) is 18.5 Å². The summed E-state index contributed by atoms with van der Waals surface area (Å²) in [5.41, 5.74) is -1.32. The SMILES string of the molecule is CC(C)OC(=O)[C@@H](C)NP(=O)(OC[C@@H]1C[C@@H](O)[C@H](n2ccc(=O)[nH]c2=O)O1)Oc1ccccc1. The Hall–Kier alpha value is -2.76. The lowest BCUT2D eigenvalue weighted by Crippen LogP contribution is -2.36. The maximum Gasteiger partial charge on any atom is 0.459 e. The highest BCUT2D eigenvalue weighted by Crippen LogP contribution is 2.45. The van der Waals surface area contributed by atoms with Crippen molar-refractivity contribution in [2.45, 2.75) is 57.8 Å². The molecule has 2 heterocycles. The molecule has 1 aromatic carbocycles. The Kier molecular flexibility index (Phi) is 8.45. The van der Waals surface area contributed by atoms with Crippen molar-refractivity contribution >= 4 is 13.7 Å². The summed E-state index contributed by atoms with van der Waals surface area (Å²) in [6.07, 6.45) is -2.00. The van der Waals surface area contributed by atoms with E-state index in [2.05, 4.69) is 10.1 Å². The molecule has 13 heteroatoms. The van der Waals surface area contributed by atoms with Crippen LogP contribution in [0.5, 0.6) is 5.75 Å². The van der Waals surface area contributed by atoms with Crippen LogP contribution in [0.4, 0.5) is 0 Å². The Morgan fingerprint density at radius 3 is 2.62 bits per heavy atom. The third-order valence-corrected chi connectivity index (χ3v) is 6.39. The van der Waals surface area contributed by atoms with Gasteiger partial charge in [-0.05, 0) is 32.9 Å². The average molecular weight is 497 g/mol. The van der Waals surface area contributed by atoms with E-state index in [0.29, 0.717) is 0 Å². The molecule has 1 aromatic heterocycles. The van der Waals surface area contributed by atoms with Crippen molar-refractivity contribution < 1.29 is 33.0 Å². The van der Waals surface area contributed by atoms with Gasteiger partial charge in [0.2, 0.25) is 0 Å². The summed E-state index contributed by atoms with van der Waals surface area (Å²) in [5.74, 6) is -0.395. The lowest BCUT2D eigenvalue weighted by molar-refractivity contribution is -0.149. The lowest BCUT2D eigenvalue weighted by atomic mass is 10.2. The first kappa shape index (κ1) is 25.9. The monoisotopic (exact) mass is 497 g/mol. The summed E-state index contributed by atoms with van der Waals surface area (Å²) in [5, 5.41) is 12.9. The molecule has 1 aliphatic heterocycles. The first-order valence-corrected chi connectivity index (χ1v) is 12.2. The van der Waals surface area contributed by atoms with Crippen LogP contribution in [0, 0.1) is 0 Å². The second-order valence-electron chi connectivity index (χ2n) is 8.00.